The molecule has 4 nitrogen and oxygen atoms in total. The number of nitrogens with zero attached hydrogens (tertiary/aromatic N) is 3. The summed E-state index contributed by atoms with van der Waals surface area (Å²) in [6, 6.07) is 13.8. The van der Waals surface area contributed by atoms with Crippen molar-refractivity contribution < 1.29 is 0 Å². The molecule has 1 N–H and O–H groups in total. The van der Waals surface area contributed by atoms with Crippen LogP contribution in [-0.2, 0) is 0 Å². The molecular weight excluding hydrogens is 295 g/mol. The van der Waals surface area contributed by atoms with Gasteiger partial charge in [-0.05, 0) is 36.8 Å². The Balaban J connectivity index is 1.71. The second-order valence-electron chi connectivity index (χ2n) is 5.96. The summed E-state index contributed by atoms with van der Waals surface area (Å²) >= 11 is 0. The molecule has 5 heteroatoms. The quantitative estimate of drug-likeness (QED) is 0.739. The zero-order valence-electron chi connectivity index (χ0n) is 13.5. The van der Waals surface area contributed by atoms with Gasteiger partial charge >= 0.3 is 0 Å². The molecule has 0 amide bonds. The Labute approximate surface area is 142 Å². The van der Waals surface area contributed by atoms with Crippen LogP contribution in [0.1, 0.15) is 12.0 Å². The van der Waals surface area contributed by atoms with E-state index in [1.54, 1.807) is 6.20 Å². The van der Waals surface area contributed by atoms with Crippen LogP contribution in [0.4, 0.5) is 5.69 Å². The monoisotopic (exact) mass is 312 g/mol. The Hall–Kier alpha value is -2.82. The Morgan fingerprint density at radius 3 is 2.96 bits per heavy atom. The number of aromatic nitrogens is 2. The molecule has 1 atom stereocenters. The van der Waals surface area contributed by atoms with Gasteiger partial charge in [-0.1, -0.05) is 29.7 Å². The molecular formula is C19H17BN4. The number of nitrogens with one attached hydrogen (secondary N) is 1. The van der Waals surface area contributed by atoms with Crippen molar-refractivity contribution in [2.45, 2.75) is 19.5 Å². The van der Waals surface area contributed by atoms with E-state index >= 15 is 0 Å². The van der Waals surface area contributed by atoms with Crippen molar-refractivity contribution in [1.29, 1.82) is 0 Å². The number of hydrogen-bond donors (Lipinski definition) is 1. The van der Waals surface area contributed by atoms with Crippen molar-refractivity contribution in [2.75, 3.05) is 5.32 Å². The first-order chi connectivity index (χ1) is 11.7. The summed E-state index contributed by atoms with van der Waals surface area (Å²) in [5.74, 6) is 0.872. The third-order valence-electron chi connectivity index (χ3n) is 4.21. The maximum atomic E-state index is 5.90. The molecule has 1 unspecified atom stereocenters. The SMILES string of the molecule is [B]c1ccc(C)c(NC2CC=c3ccn(-c4ccccn4)c3=N2)c1. The summed E-state index contributed by atoms with van der Waals surface area (Å²) in [6.45, 7) is 2.07. The van der Waals surface area contributed by atoms with E-state index in [0.717, 1.165) is 39.7 Å². The van der Waals surface area contributed by atoms with Gasteiger partial charge in [-0.15, -0.1) is 0 Å². The third-order valence-corrected chi connectivity index (χ3v) is 4.21. The molecule has 0 bridgehead atoms. The molecule has 0 spiro atoms. The van der Waals surface area contributed by atoms with Crippen molar-refractivity contribution >= 4 is 25.1 Å². The third kappa shape index (κ3) is 2.73. The van der Waals surface area contributed by atoms with Gasteiger partial charge in [-0.25, -0.2) is 9.98 Å². The normalized spacial score (nSPS) is 16.0. The second kappa shape index (κ2) is 6.00. The van der Waals surface area contributed by atoms with E-state index in [1.807, 2.05) is 47.2 Å². The summed E-state index contributed by atoms with van der Waals surface area (Å²) in [7, 11) is 5.90. The molecule has 0 aliphatic carbocycles. The highest BCUT2D eigenvalue weighted by Crippen LogP contribution is 2.15. The summed E-state index contributed by atoms with van der Waals surface area (Å²) in [5, 5.41) is 4.63. The van der Waals surface area contributed by atoms with E-state index in [2.05, 4.69) is 29.4 Å². The van der Waals surface area contributed by atoms with Gasteiger partial charge in [-0.3, -0.25) is 4.57 Å². The van der Waals surface area contributed by atoms with E-state index in [1.165, 1.54) is 0 Å². The summed E-state index contributed by atoms with van der Waals surface area (Å²) < 4.78 is 2.02. The molecule has 2 aromatic heterocycles. The van der Waals surface area contributed by atoms with E-state index in [-0.39, 0.29) is 6.17 Å². The number of aryl methyl sites for hydroxylation is 1. The maximum Gasteiger partial charge on any atom is 0.142 e. The fourth-order valence-electron chi connectivity index (χ4n) is 2.92. The van der Waals surface area contributed by atoms with Crippen LogP contribution in [0.3, 0.4) is 0 Å². The fraction of sp³-hybridized carbons (Fsp3) is 0.158. The average Bonchev–Trinajstić information content (AvgIpc) is 3.02. The van der Waals surface area contributed by atoms with Crippen LogP contribution in [0, 0.1) is 6.92 Å². The fourth-order valence-corrected chi connectivity index (χ4v) is 2.92. The number of pyridine rings is 1. The van der Waals surface area contributed by atoms with E-state index in [9.17, 15) is 0 Å². The molecule has 1 aliphatic rings. The minimum Gasteiger partial charge on any atom is -0.363 e. The minimum atomic E-state index is -0.0182. The number of fused-ring (bicyclic) bond motifs is 1. The van der Waals surface area contributed by atoms with Crippen molar-refractivity contribution in [3.05, 3.63) is 71.1 Å². The van der Waals surface area contributed by atoms with Gasteiger partial charge in [0.1, 0.15) is 25.3 Å². The molecule has 3 heterocycles. The molecule has 3 aromatic rings. The molecule has 1 aliphatic heterocycles. The Morgan fingerprint density at radius 1 is 1.21 bits per heavy atom. The summed E-state index contributed by atoms with van der Waals surface area (Å²) in [6.07, 6.45) is 6.84. The smallest absolute Gasteiger partial charge is 0.142 e. The number of benzene rings is 1. The van der Waals surface area contributed by atoms with Crippen LogP contribution < -0.4 is 21.5 Å². The predicted octanol–water partition coefficient (Wildman–Crippen LogP) is 1.22. The first kappa shape index (κ1) is 14.8. The van der Waals surface area contributed by atoms with Crippen LogP contribution in [0.5, 0.6) is 0 Å². The Bertz CT molecular complexity index is 992. The van der Waals surface area contributed by atoms with Crippen molar-refractivity contribution in [3.8, 4) is 5.82 Å². The molecule has 0 saturated heterocycles. The lowest BCUT2D eigenvalue weighted by molar-refractivity contribution is 0.726. The minimum absolute atomic E-state index is 0.0182. The van der Waals surface area contributed by atoms with Crippen LogP contribution in [0.25, 0.3) is 11.9 Å². The second-order valence-corrected chi connectivity index (χ2v) is 5.96. The molecule has 0 fully saturated rings. The van der Waals surface area contributed by atoms with Gasteiger partial charge in [0.2, 0.25) is 0 Å². The van der Waals surface area contributed by atoms with Gasteiger partial charge < -0.3 is 5.32 Å². The Kier molecular flexibility index (Phi) is 3.69. The standard InChI is InChI=1S/C19H17BN4/c1-13-5-7-15(20)12-16(13)22-17-8-6-14-9-11-24(19(14)23-17)18-4-2-3-10-21-18/h2-7,9-12,17,22H,8H2,1H3. The molecule has 24 heavy (non-hydrogen) atoms. The van der Waals surface area contributed by atoms with Crippen LogP contribution in [-0.4, -0.2) is 23.6 Å². The Morgan fingerprint density at radius 2 is 2.12 bits per heavy atom. The first-order valence-corrected chi connectivity index (χ1v) is 8.00. The van der Waals surface area contributed by atoms with Crippen LogP contribution in [0.2, 0.25) is 0 Å². The first-order valence-electron chi connectivity index (χ1n) is 8.00. The zero-order chi connectivity index (χ0) is 16.5. The van der Waals surface area contributed by atoms with Crippen LogP contribution >= 0.6 is 0 Å². The van der Waals surface area contributed by atoms with Gasteiger partial charge in [-0.2, -0.15) is 0 Å². The highest BCUT2D eigenvalue weighted by atomic mass is 15.1. The van der Waals surface area contributed by atoms with Gasteiger partial charge in [0, 0.05) is 29.7 Å². The molecule has 116 valence electrons. The van der Waals surface area contributed by atoms with Crippen LogP contribution in [0.15, 0.2) is 59.9 Å². The van der Waals surface area contributed by atoms with Gasteiger partial charge in [0.15, 0.2) is 0 Å². The van der Waals surface area contributed by atoms with E-state index < -0.39 is 0 Å². The van der Waals surface area contributed by atoms with Crippen molar-refractivity contribution in [3.63, 3.8) is 0 Å². The number of hydrogen-bond acceptors (Lipinski definition) is 3. The highest BCUT2D eigenvalue weighted by molar-refractivity contribution is 6.32. The summed E-state index contributed by atoms with van der Waals surface area (Å²) in [4.78, 5) is 9.30. The lowest BCUT2D eigenvalue weighted by Gasteiger charge is -2.18. The maximum absolute atomic E-state index is 5.90. The lowest BCUT2D eigenvalue weighted by atomic mass is 9.94. The molecule has 1 aromatic carbocycles. The van der Waals surface area contributed by atoms with Crippen molar-refractivity contribution in [1.82, 2.24) is 9.55 Å². The topological polar surface area (TPSA) is 42.2 Å². The van der Waals surface area contributed by atoms with Crippen molar-refractivity contribution in [2.24, 2.45) is 4.99 Å². The van der Waals surface area contributed by atoms with E-state index in [4.69, 9.17) is 12.8 Å². The van der Waals surface area contributed by atoms with Gasteiger partial charge in [0.05, 0.1) is 0 Å². The largest absolute Gasteiger partial charge is 0.363 e. The van der Waals surface area contributed by atoms with E-state index in [0.29, 0.717) is 0 Å². The lowest BCUT2D eigenvalue weighted by Crippen LogP contribution is -2.36. The highest BCUT2D eigenvalue weighted by Gasteiger charge is 2.13. The summed E-state index contributed by atoms with van der Waals surface area (Å²) in [5.41, 5.74) is 3.86. The number of anilines is 1. The zero-order valence-corrected chi connectivity index (χ0v) is 13.5. The molecule has 4 rings (SSSR count). The van der Waals surface area contributed by atoms with Gasteiger partial charge in [0.25, 0.3) is 0 Å². The molecule has 2 radical (unpaired) electrons. The average molecular weight is 312 g/mol. The predicted molar refractivity (Wildman–Crippen MR) is 97.4 cm³/mol. The number of rotatable bonds is 3. The molecule has 0 saturated carbocycles.